The average molecular weight is 250 g/mol. The first-order valence-electron chi connectivity index (χ1n) is 5.78. The standard InChI is InChI=1S/C12H14N2O4/c15-5-8-9(16)10(17)11(18-8)12-13-6-3-1-2-4-7(6)14-12/h1-4,8-11,15-17H,5H2,(H,13,14)/t8-,9-,10+,11?/m1/s1. The van der Waals surface area contributed by atoms with Gasteiger partial charge < -0.3 is 25.0 Å². The minimum Gasteiger partial charge on any atom is -0.394 e. The van der Waals surface area contributed by atoms with Crippen molar-refractivity contribution in [1.29, 1.82) is 0 Å². The second-order valence-electron chi connectivity index (χ2n) is 4.40. The molecule has 4 N–H and O–H groups in total. The van der Waals surface area contributed by atoms with E-state index in [0.29, 0.717) is 5.82 Å². The summed E-state index contributed by atoms with van der Waals surface area (Å²) in [6.07, 6.45) is -3.72. The van der Waals surface area contributed by atoms with Crippen molar-refractivity contribution >= 4 is 11.0 Å². The van der Waals surface area contributed by atoms with E-state index in [2.05, 4.69) is 9.97 Å². The van der Waals surface area contributed by atoms with Gasteiger partial charge in [0, 0.05) is 0 Å². The third kappa shape index (κ3) is 1.70. The van der Waals surface area contributed by atoms with Gasteiger partial charge in [0.1, 0.15) is 30.2 Å². The molecule has 1 fully saturated rings. The summed E-state index contributed by atoms with van der Waals surface area (Å²) in [6.45, 7) is -0.338. The van der Waals surface area contributed by atoms with Crippen LogP contribution in [0, 0.1) is 0 Å². The highest BCUT2D eigenvalue weighted by molar-refractivity contribution is 5.74. The van der Waals surface area contributed by atoms with E-state index in [4.69, 9.17) is 9.84 Å². The van der Waals surface area contributed by atoms with Crippen LogP contribution in [0.2, 0.25) is 0 Å². The van der Waals surface area contributed by atoms with Crippen molar-refractivity contribution in [1.82, 2.24) is 9.97 Å². The maximum Gasteiger partial charge on any atom is 0.144 e. The molecule has 2 heterocycles. The predicted octanol–water partition coefficient (Wildman–Crippen LogP) is -0.283. The summed E-state index contributed by atoms with van der Waals surface area (Å²) in [6, 6.07) is 7.45. The highest BCUT2D eigenvalue weighted by atomic mass is 16.6. The van der Waals surface area contributed by atoms with Crippen LogP contribution in [0.15, 0.2) is 24.3 Å². The molecular weight excluding hydrogens is 236 g/mol. The van der Waals surface area contributed by atoms with E-state index in [1.165, 1.54) is 0 Å². The zero-order chi connectivity index (χ0) is 12.7. The Kier molecular flexibility index (Phi) is 2.79. The number of H-pyrrole nitrogens is 1. The molecular formula is C12H14N2O4. The molecule has 1 aliphatic heterocycles. The largest absolute Gasteiger partial charge is 0.394 e. The first kappa shape index (κ1) is 11.6. The van der Waals surface area contributed by atoms with E-state index < -0.39 is 24.4 Å². The van der Waals surface area contributed by atoms with Gasteiger partial charge in [0.25, 0.3) is 0 Å². The van der Waals surface area contributed by atoms with Crippen LogP contribution in [0.1, 0.15) is 11.9 Å². The van der Waals surface area contributed by atoms with Gasteiger partial charge in [0.2, 0.25) is 0 Å². The molecule has 4 atom stereocenters. The number of benzene rings is 1. The van der Waals surface area contributed by atoms with E-state index >= 15 is 0 Å². The Balaban J connectivity index is 1.95. The molecule has 1 aromatic heterocycles. The lowest BCUT2D eigenvalue weighted by Crippen LogP contribution is -2.32. The average Bonchev–Trinajstić information content (AvgIpc) is 2.92. The van der Waals surface area contributed by atoms with Gasteiger partial charge in [0.15, 0.2) is 0 Å². The van der Waals surface area contributed by atoms with Crippen LogP contribution < -0.4 is 0 Å². The molecule has 1 aliphatic rings. The maximum absolute atomic E-state index is 9.89. The molecule has 6 heteroatoms. The zero-order valence-corrected chi connectivity index (χ0v) is 9.52. The maximum atomic E-state index is 9.89. The molecule has 2 aromatic rings. The van der Waals surface area contributed by atoms with Crippen molar-refractivity contribution in [2.75, 3.05) is 6.61 Å². The lowest BCUT2D eigenvalue weighted by Gasteiger charge is -2.11. The van der Waals surface area contributed by atoms with Gasteiger partial charge in [-0.25, -0.2) is 4.98 Å². The topological polar surface area (TPSA) is 98.6 Å². The number of para-hydroxylation sites is 2. The van der Waals surface area contributed by atoms with Gasteiger partial charge in [-0.2, -0.15) is 0 Å². The molecule has 0 spiro atoms. The predicted molar refractivity (Wildman–Crippen MR) is 62.8 cm³/mol. The Morgan fingerprint density at radius 3 is 2.67 bits per heavy atom. The summed E-state index contributed by atoms with van der Waals surface area (Å²) < 4.78 is 5.41. The molecule has 3 rings (SSSR count). The highest BCUT2D eigenvalue weighted by Crippen LogP contribution is 2.32. The minimum absolute atomic E-state index is 0.338. The van der Waals surface area contributed by atoms with Crippen LogP contribution in [0.5, 0.6) is 0 Å². The molecule has 96 valence electrons. The zero-order valence-electron chi connectivity index (χ0n) is 9.52. The van der Waals surface area contributed by atoms with Crippen LogP contribution in [0.4, 0.5) is 0 Å². The molecule has 1 aromatic carbocycles. The van der Waals surface area contributed by atoms with Crippen molar-refractivity contribution in [3.8, 4) is 0 Å². The van der Waals surface area contributed by atoms with Crippen LogP contribution >= 0.6 is 0 Å². The molecule has 1 saturated heterocycles. The molecule has 1 unspecified atom stereocenters. The van der Waals surface area contributed by atoms with Crippen molar-refractivity contribution in [2.45, 2.75) is 24.4 Å². The number of aliphatic hydroxyl groups is 3. The van der Waals surface area contributed by atoms with E-state index in [0.717, 1.165) is 11.0 Å². The SMILES string of the molecule is OC[C@H]1OC(c2nc3ccccc3[nH]2)[C@@H](O)[C@@H]1O. The quantitative estimate of drug-likeness (QED) is 0.587. The number of nitrogens with one attached hydrogen (secondary N) is 1. The van der Waals surface area contributed by atoms with Crippen LogP contribution in [0.25, 0.3) is 11.0 Å². The number of aromatic nitrogens is 2. The fraction of sp³-hybridized carbons (Fsp3) is 0.417. The molecule has 18 heavy (non-hydrogen) atoms. The van der Waals surface area contributed by atoms with Crippen LogP contribution in [-0.4, -0.2) is 50.2 Å². The van der Waals surface area contributed by atoms with Gasteiger partial charge in [-0.3, -0.25) is 0 Å². The summed E-state index contributed by atoms with van der Waals surface area (Å²) in [4.78, 5) is 7.36. The van der Waals surface area contributed by atoms with Gasteiger partial charge >= 0.3 is 0 Å². The number of aliphatic hydroxyl groups excluding tert-OH is 3. The summed E-state index contributed by atoms with van der Waals surface area (Å²) >= 11 is 0. The van der Waals surface area contributed by atoms with Crippen LogP contribution in [0.3, 0.4) is 0 Å². The van der Waals surface area contributed by atoms with E-state index in [1.807, 2.05) is 24.3 Å². The summed E-state index contributed by atoms with van der Waals surface area (Å²) in [5.41, 5.74) is 1.61. The van der Waals surface area contributed by atoms with Crippen molar-refractivity contribution in [3.63, 3.8) is 0 Å². The third-order valence-electron chi connectivity index (χ3n) is 3.22. The minimum atomic E-state index is -1.10. The van der Waals surface area contributed by atoms with Gasteiger partial charge in [-0.15, -0.1) is 0 Å². The first-order chi connectivity index (χ1) is 8.70. The summed E-state index contributed by atoms with van der Waals surface area (Å²) in [5, 5.41) is 28.6. The number of hydrogen-bond acceptors (Lipinski definition) is 5. The first-order valence-corrected chi connectivity index (χ1v) is 5.78. The number of rotatable bonds is 2. The number of nitrogens with zero attached hydrogens (tertiary/aromatic N) is 1. The number of aromatic amines is 1. The number of imidazole rings is 1. The van der Waals surface area contributed by atoms with Crippen molar-refractivity contribution in [3.05, 3.63) is 30.1 Å². The second-order valence-corrected chi connectivity index (χ2v) is 4.40. The Bertz CT molecular complexity index is 523. The molecule has 0 radical (unpaired) electrons. The van der Waals surface area contributed by atoms with Gasteiger partial charge in [0.05, 0.1) is 17.6 Å². The Labute approximate surface area is 103 Å². The van der Waals surface area contributed by atoms with Gasteiger partial charge in [-0.1, -0.05) is 12.1 Å². The number of fused-ring (bicyclic) bond motifs is 1. The van der Waals surface area contributed by atoms with E-state index in [9.17, 15) is 10.2 Å². The van der Waals surface area contributed by atoms with E-state index in [-0.39, 0.29) is 6.61 Å². The molecule has 0 bridgehead atoms. The highest BCUT2D eigenvalue weighted by Gasteiger charge is 2.44. The number of hydrogen-bond donors (Lipinski definition) is 4. The van der Waals surface area contributed by atoms with E-state index in [1.54, 1.807) is 0 Å². The lowest BCUT2D eigenvalue weighted by molar-refractivity contribution is -0.0249. The monoisotopic (exact) mass is 250 g/mol. The number of ether oxygens (including phenoxy) is 1. The molecule has 0 amide bonds. The van der Waals surface area contributed by atoms with Gasteiger partial charge in [-0.05, 0) is 12.1 Å². The summed E-state index contributed by atoms with van der Waals surface area (Å²) in [7, 11) is 0. The second kappa shape index (κ2) is 4.33. The Morgan fingerprint density at radius 1 is 1.22 bits per heavy atom. The molecule has 0 saturated carbocycles. The van der Waals surface area contributed by atoms with Crippen LogP contribution in [-0.2, 0) is 4.74 Å². The fourth-order valence-electron chi connectivity index (χ4n) is 2.23. The molecule has 0 aliphatic carbocycles. The summed E-state index contributed by atoms with van der Waals surface area (Å²) in [5.74, 6) is 0.457. The normalized spacial score (nSPS) is 32.2. The Hall–Kier alpha value is -1.47. The van der Waals surface area contributed by atoms with Crippen molar-refractivity contribution in [2.24, 2.45) is 0 Å². The Morgan fingerprint density at radius 2 is 2.00 bits per heavy atom. The smallest absolute Gasteiger partial charge is 0.144 e. The molecule has 6 nitrogen and oxygen atoms in total. The fourth-order valence-corrected chi connectivity index (χ4v) is 2.23. The third-order valence-corrected chi connectivity index (χ3v) is 3.22. The lowest BCUT2D eigenvalue weighted by atomic mass is 10.1. The van der Waals surface area contributed by atoms with Crippen molar-refractivity contribution < 1.29 is 20.1 Å².